The zero-order chi connectivity index (χ0) is 12.5. The first-order valence-corrected chi connectivity index (χ1v) is 5.96. The van der Waals surface area contributed by atoms with Crippen LogP contribution in [-0.4, -0.2) is 19.8 Å². The molecular weight excluding hydrogens is 221 g/mol. The van der Waals surface area contributed by atoms with Crippen molar-refractivity contribution in [2.75, 3.05) is 19.8 Å². The summed E-state index contributed by atoms with van der Waals surface area (Å²) < 4.78 is 23.9. The average Bonchev–Trinajstić information content (AvgIpc) is 2.33. The fourth-order valence-electron chi connectivity index (χ4n) is 1.39. The summed E-state index contributed by atoms with van der Waals surface area (Å²) in [5.41, 5.74) is 6.18. The first-order valence-electron chi connectivity index (χ1n) is 5.96. The van der Waals surface area contributed by atoms with E-state index in [0.29, 0.717) is 25.5 Å². The third kappa shape index (κ3) is 5.65. The summed E-state index contributed by atoms with van der Waals surface area (Å²) in [6.45, 7) is 4.12. The van der Waals surface area contributed by atoms with Crippen LogP contribution in [0.4, 0.5) is 4.39 Å². The zero-order valence-electron chi connectivity index (χ0n) is 10.2. The highest BCUT2D eigenvalue weighted by atomic mass is 19.1. The normalized spacial score (nSPS) is 10.5. The molecule has 3 nitrogen and oxygen atoms in total. The Labute approximate surface area is 102 Å². The molecule has 0 saturated carbocycles. The molecule has 0 heterocycles. The minimum Gasteiger partial charge on any atom is -0.491 e. The van der Waals surface area contributed by atoms with Gasteiger partial charge in [0, 0.05) is 19.2 Å². The maximum atomic E-state index is 13.1. The predicted octanol–water partition coefficient (Wildman–Crippen LogP) is 2.48. The van der Waals surface area contributed by atoms with Crippen LogP contribution < -0.4 is 10.5 Å². The second kappa shape index (κ2) is 8.03. The lowest BCUT2D eigenvalue weighted by Crippen LogP contribution is -2.08. The van der Waals surface area contributed by atoms with Crippen LogP contribution in [0.25, 0.3) is 0 Å². The van der Waals surface area contributed by atoms with Crippen LogP contribution in [0.15, 0.2) is 18.2 Å². The van der Waals surface area contributed by atoms with Crippen LogP contribution in [0, 0.1) is 5.82 Å². The Morgan fingerprint density at radius 2 is 2.00 bits per heavy atom. The van der Waals surface area contributed by atoms with E-state index in [0.717, 1.165) is 25.0 Å². The first-order chi connectivity index (χ1) is 8.26. The first kappa shape index (κ1) is 13.9. The molecule has 2 N–H and O–H groups in total. The maximum absolute atomic E-state index is 13.1. The Morgan fingerprint density at radius 3 is 2.71 bits per heavy atom. The molecule has 0 aliphatic rings. The molecule has 0 aliphatic carbocycles. The van der Waals surface area contributed by atoms with Crippen LogP contribution >= 0.6 is 0 Å². The lowest BCUT2D eigenvalue weighted by Gasteiger charge is -2.08. The summed E-state index contributed by atoms with van der Waals surface area (Å²) in [5.74, 6) is 0.180. The number of halogens is 1. The molecule has 96 valence electrons. The Morgan fingerprint density at radius 1 is 1.18 bits per heavy atom. The third-order valence-corrected chi connectivity index (χ3v) is 2.31. The zero-order valence-corrected chi connectivity index (χ0v) is 10.2. The van der Waals surface area contributed by atoms with E-state index in [2.05, 4.69) is 6.92 Å². The summed E-state index contributed by atoms with van der Waals surface area (Å²) in [4.78, 5) is 0. The van der Waals surface area contributed by atoms with Crippen molar-refractivity contribution in [3.05, 3.63) is 29.6 Å². The van der Waals surface area contributed by atoms with Crippen molar-refractivity contribution in [2.45, 2.75) is 26.3 Å². The molecule has 17 heavy (non-hydrogen) atoms. The fourth-order valence-corrected chi connectivity index (χ4v) is 1.39. The van der Waals surface area contributed by atoms with E-state index in [1.165, 1.54) is 12.1 Å². The van der Waals surface area contributed by atoms with E-state index in [1.807, 2.05) is 0 Å². The van der Waals surface area contributed by atoms with Crippen molar-refractivity contribution >= 4 is 0 Å². The van der Waals surface area contributed by atoms with Crippen molar-refractivity contribution < 1.29 is 13.9 Å². The number of ether oxygens (including phenoxy) is 2. The summed E-state index contributed by atoms with van der Waals surface area (Å²) in [6, 6.07) is 4.50. The molecule has 0 fully saturated rings. The molecule has 0 spiro atoms. The van der Waals surface area contributed by atoms with Crippen LogP contribution in [0.3, 0.4) is 0 Å². The van der Waals surface area contributed by atoms with Crippen molar-refractivity contribution in [1.82, 2.24) is 0 Å². The van der Waals surface area contributed by atoms with E-state index >= 15 is 0 Å². The van der Waals surface area contributed by atoms with Crippen molar-refractivity contribution in [2.24, 2.45) is 5.73 Å². The van der Waals surface area contributed by atoms with Crippen LogP contribution in [-0.2, 0) is 11.3 Å². The minimum absolute atomic E-state index is 0.307. The van der Waals surface area contributed by atoms with E-state index < -0.39 is 0 Å². The second-order valence-electron chi connectivity index (χ2n) is 3.81. The van der Waals surface area contributed by atoms with Gasteiger partial charge in [-0.3, -0.25) is 0 Å². The van der Waals surface area contributed by atoms with Crippen LogP contribution in [0.5, 0.6) is 5.75 Å². The standard InChI is InChI=1S/C13H20FNO2/c1-2-3-4-16-5-6-17-13-8-11(10-15)7-12(14)9-13/h7-9H,2-6,10,15H2,1H3. The van der Waals surface area contributed by atoms with Gasteiger partial charge in [-0.1, -0.05) is 13.3 Å². The van der Waals surface area contributed by atoms with Crippen LogP contribution in [0.2, 0.25) is 0 Å². The lowest BCUT2D eigenvalue weighted by atomic mass is 10.2. The Hall–Kier alpha value is -1.13. The summed E-state index contributed by atoms with van der Waals surface area (Å²) >= 11 is 0. The number of nitrogens with two attached hydrogens (primary N) is 1. The van der Waals surface area contributed by atoms with Crippen LogP contribution in [0.1, 0.15) is 25.3 Å². The monoisotopic (exact) mass is 241 g/mol. The minimum atomic E-state index is -0.324. The summed E-state index contributed by atoms with van der Waals surface area (Å²) in [5, 5.41) is 0. The lowest BCUT2D eigenvalue weighted by molar-refractivity contribution is 0.0979. The van der Waals surface area contributed by atoms with Gasteiger partial charge in [-0.2, -0.15) is 0 Å². The predicted molar refractivity (Wildman–Crippen MR) is 65.5 cm³/mol. The highest BCUT2D eigenvalue weighted by Gasteiger charge is 2.00. The van der Waals surface area contributed by atoms with Crippen molar-refractivity contribution in [3.63, 3.8) is 0 Å². The Kier molecular flexibility index (Phi) is 6.58. The maximum Gasteiger partial charge on any atom is 0.127 e. The largest absolute Gasteiger partial charge is 0.491 e. The SMILES string of the molecule is CCCCOCCOc1cc(F)cc(CN)c1. The van der Waals surface area contributed by atoms with Gasteiger partial charge in [-0.05, 0) is 24.1 Å². The van der Waals surface area contributed by atoms with Gasteiger partial charge < -0.3 is 15.2 Å². The van der Waals surface area contributed by atoms with Gasteiger partial charge in [0.2, 0.25) is 0 Å². The van der Waals surface area contributed by atoms with E-state index in [1.54, 1.807) is 6.07 Å². The van der Waals surface area contributed by atoms with Gasteiger partial charge in [0.1, 0.15) is 18.2 Å². The number of benzene rings is 1. The molecule has 0 unspecified atom stereocenters. The van der Waals surface area contributed by atoms with Gasteiger partial charge in [-0.15, -0.1) is 0 Å². The molecule has 0 atom stereocenters. The molecule has 1 rings (SSSR count). The van der Waals surface area contributed by atoms with E-state index in [-0.39, 0.29) is 5.82 Å². The Balaban J connectivity index is 2.28. The number of rotatable bonds is 8. The average molecular weight is 241 g/mol. The number of hydrogen-bond donors (Lipinski definition) is 1. The molecule has 0 saturated heterocycles. The molecule has 0 aliphatic heterocycles. The smallest absolute Gasteiger partial charge is 0.127 e. The Bertz CT molecular complexity index is 331. The molecular formula is C13H20FNO2. The van der Waals surface area contributed by atoms with E-state index in [9.17, 15) is 4.39 Å². The fraction of sp³-hybridized carbons (Fsp3) is 0.538. The van der Waals surface area contributed by atoms with Gasteiger partial charge >= 0.3 is 0 Å². The quantitative estimate of drug-likeness (QED) is 0.711. The topological polar surface area (TPSA) is 44.5 Å². The molecule has 0 bridgehead atoms. The summed E-state index contributed by atoms with van der Waals surface area (Å²) in [7, 11) is 0. The molecule has 1 aromatic rings. The van der Waals surface area contributed by atoms with Gasteiger partial charge in [0.15, 0.2) is 0 Å². The number of hydrogen-bond acceptors (Lipinski definition) is 3. The molecule has 0 aromatic heterocycles. The highest BCUT2D eigenvalue weighted by molar-refractivity contribution is 5.29. The molecule has 4 heteroatoms. The molecule has 0 radical (unpaired) electrons. The van der Waals surface area contributed by atoms with E-state index in [4.69, 9.17) is 15.2 Å². The highest BCUT2D eigenvalue weighted by Crippen LogP contribution is 2.15. The third-order valence-electron chi connectivity index (χ3n) is 2.31. The van der Waals surface area contributed by atoms with Gasteiger partial charge in [-0.25, -0.2) is 4.39 Å². The van der Waals surface area contributed by atoms with Gasteiger partial charge in [0.25, 0.3) is 0 Å². The second-order valence-corrected chi connectivity index (χ2v) is 3.81. The summed E-state index contributed by atoms with van der Waals surface area (Å²) in [6.07, 6.45) is 2.17. The molecule has 1 aromatic carbocycles. The van der Waals surface area contributed by atoms with Crippen molar-refractivity contribution in [1.29, 1.82) is 0 Å². The molecule has 0 amide bonds. The van der Waals surface area contributed by atoms with Gasteiger partial charge in [0.05, 0.1) is 6.61 Å². The van der Waals surface area contributed by atoms with Crippen molar-refractivity contribution in [3.8, 4) is 5.75 Å². The number of unbranched alkanes of at least 4 members (excludes halogenated alkanes) is 1.